The van der Waals surface area contributed by atoms with Crippen LogP contribution < -0.4 is 19.6 Å². The molecule has 0 spiro atoms. The van der Waals surface area contributed by atoms with Gasteiger partial charge in [-0.05, 0) is 60.0 Å². The van der Waals surface area contributed by atoms with E-state index in [2.05, 4.69) is 10.5 Å². The molecule has 0 saturated heterocycles. The van der Waals surface area contributed by atoms with Gasteiger partial charge in [0.2, 0.25) is 0 Å². The largest absolute Gasteiger partial charge is 0.493 e. The van der Waals surface area contributed by atoms with Gasteiger partial charge in [0.15, 0.2) is 18.1 Å². The number of carbonyl (C=O) groups excluding carboxylic acids is 1. The van der Waals surface area contributed by atoms with E-state index in [-0.39, 0.29) is 12.5 Å². The van der Waals surface area contributed by atoms with Crippen molar-refractivity contribution in [3.8, 4) is 17.2 Å². The molecule has 0 fully saturated rings. The number of halogens is 1. The summed E-state index contributed by atoms with van der Waals surface area (Å²) in [5, 5.41) is 4.58. The van der Waals surface area contributed by atoms with Gasteiger partial charge in [-0.15, -0.1) is 0 Å². The normalized spacial score (nSPS) is 10.7. The molecule has 0 unspecified atom stereocenters. The van der Waals surface area contributed by atoms with Crippen molar-refractivity contribution in [3.05, 3.63) is 88.4 Å². The van der Waals surface area contributed by atoms with Gasteiger partial charge >= 0.3 is 0 Å². The zero-order chi connectivity index (χ0) is 22.1. The Morgan fingerprint density at radius 2 is 1.77 bits per heavy atom. The number of carbonyl (C=O) groups is 1. The van der Waals surface area contributed by atoms with Crippen LogP contribution in [0.2, 0.25) is 5.02 Å². The van der Waals surface area contributed by atoms with E-state index in [1.165, 1.54) is 6.21 Å². The smallest absolute Gasteiger partial charge is 0.277 e. The van der Waals surface area contributed by atoms with Crippen LogP contribution >= 0.6 is 11.6 Å². The van der Waals surface area contributed by atoms with Crippen molar-refractivity contribution in [1.29, 1.82) is 0 Å². The molecule has 0 bridgehead atoms. The summed E-state index contributed by atoms with van der Waals surface area (Å²) >= 11 is 5.91. The molecular formula is C24H23ClN2O4. The van der Waals surface area contributed by atoms with Crippen LogP contribution in [0.4, 0.5) is 0 Å². The average Bonchev–Trinajstić information content (AvgIpc) is 2.78. The summed E-state index contributed by atoms with van der Waals surface area (Å²) in [5.41, 5.74) is 5.10. The number of nitrogens with zero attached hydrogens (tertiary/aromatic N) is 1. The lowest BCUT2D eigenvalue weighted by Crippen LogP contribution is -2.24. The number of benzene rings is 3. The van der Waals surface area contributed by atoms with Crippen LogP contribution in [0, 0.1) is 6.92 Å². The van der Waals surface area contributed by atoms with E-state index >= 15 is 0 Å². The van der Waals surface area contributed by atoms with Crippen LogP contribution in [0.1, 0.15) is 16.7 Å². The Kier molecular flexibility index (Phi) is 7.90. The molecular weight excluding hydrogens is 416 g/mol. The molecule has 3 rings (SSSR count). The van der Waals surface area contributed by atoms with Crippen molar-refractivity contribution < 1.29 is 19.0 Å². The molecule has 0 aliphatic rings. The van der Waals surface area contributed by atoms with E-state index in [1.54, 1.807) is 37.4 Å². The number of methoxy groups -OCH3 is 1. The summed E-state index contributed by atoms with van der Waals surface area (Å²) < 4.78 is 16.7. The van der Waals surface area contributed by atoms with Gasteiger partial charge in [0, 0.05) is 5.02 Å². The predicted molar refractivity (Wildman–Crippen MR) is 121 cm³/mol. The van der Waals surface area contributed by atoms with E-state index in [9.17, 15) is 4.79 Å². The maximum atomic E-state index is 12.0. The number of nitrogens with one attached hydrogen (secondary N) is 1. The van der Waals surface area contributed by atoms with E-state index in [1.807, 2.05) is 43.3 Å². The third kappa shape index (κ3) is 6.76. The molecule has 6 nitrogen and oxygen atoms in total. The maximum Gasteiger partial charge on any atom is 0.277 e. The van der Waals surface area contributed by atoms with Crippen molar-refractivity contribution >= 4 is 23.7 Å². The van der Waals surface area contributed by atoms with Crippen molar-refractivity contribution in [2.75, 3.05) is 13.7 Å². The van der Waals surface area contributed by atoms with Gasteiger partial charge in [-0.25, -0.2) is 5.43 Å². The second kappa shape index (κ2) is 11.0. The minimum absolute atomic E-state index is 0.157. The first kappa shape index (κ1) is 22.2. The molecule has 160 valence electrons. The summed E-state index contributed by atoms with van der Waals surface area (Å²) in [4.78, 5) is 12.0. The van der Waals surface area contributed by atoms with Crippen LogP contribution in [0.25, 0.3) is 0 Å². The molecule has 7 heteroatoms. The SMILES string of the molecule is COc1cc(C=NNC(=O)COc2ccc(Cl)cc2C)ccc1OCc1ccccc1. The van der Waals surface area contributed by atoms with Gasteiger partial charge in [-0.1, -0.05) is 41.9 Å². The fourth-order valence-corrected chi connectivity index (χ4v) is 2.97. The first-order chi connectivity index (χ1) is 15.0. The highest BCUT2D eigenvalue weighted by Crippen LogP contribution is 2.28. The van der Waals surface area contributed by atoms with Crippen LogP contribution in [0.5, 0.6) is 17.2 Å². The van der Waals surface area contributed by atoms with Crippen LogP contribution in [0.15, 0.2) is 71.8 Å². The number of hydrazone groups is 1. The van der Waals surface area contributed by atoms with Crippen molar-refractivity contribution in [2.45, 2.75) is 13.5 Å². The highest BCUT2D eigenvalue weighted by molar-refractivity contribution is 6.30. The fraction of sp³-hybridized carbons (Fsp3) is 0.167. The third-order valence-corrected chi connectivity index (χ3v) is 4.56. The number of aryl methyl sites for hydroxylation is 1. The Morgan fingerprint density at radius 3 is 2.52 bits per heavy atom. The monoisotopic (exact) mass is 438 g/mol. The summed E-state index contributed by atoms with van der Waals surface area (Å²) in [6.07, 6.45) is 1.52. The average molecular weight is 439 g/mol. The quantitative estimate of drug-likeness (QED) is 0.386. The van der Waals surface area contributed by atoms with Crippen molar-refractivity contribution in [1.82, 2.24) is 5.43 Å². The predicted octanol–water partition coefficient (Wildman–Crippen LogP) is 4.77. The fourth-order valence-electron chi connectivity index (χ4n) is 2.75. The molecule has 3 aromatic carbocycles. The van der Waals surface area contributed by atoms with Crippen molar-refractivity contribution in [3.63, 3.8) is 0 Å². The Bertz CT molecular complexity index is 1050. The molecule has 0 heterocycles. The zero-order valence-electron chi connectivity index (χ0n) is 17.3. The van der Waals surface area contributed by atoms with Gasteiger partial charge in [0.25, 0.3) is 5.91 Å². The van der Waals surface area contributed by atoms with E-state index < -0.39 is 0 Å². The Hall–Kier alpha value is -3.51. The molecule has 1 amide bonds. The Labute approximate surface area is 186 Å². The minimum atomic E-state index is -0.375. The molecule has 0 aliphatic heterocycles. The van der Waals surface area contributed by atoms with E-state index in [4.69, 9.17) is 25.8 Å². The minimum Gasteiger partial charge on any atom is -0.493 e. The van der Waals surface area contributed by atoms with Crippen LogP contribution in [-0.4, -0.2) is 25.8 Å². The lowest BCUT2D eigenvalue weighted by molar-refractivity contribution is -0.123. The standard InChI is InChI=1S/C24H23ClN2O4/c1-17-12-20(25)9-11-21(17)31-16-24(28)27-26-14-19-8-10-22(23(13-19)29-2)30-15-18-6-4-3-5-7-18/h3-14H,15-16H2,1-2H3,(H,27,28). The van der Waals surface area contributed by atoms with E-state index in [0.29, 0.717) is 28.9 Å². The number of hydrogen-bond acceptors (Lipinski definition) is 5. The van der Waals surface area contributed by atoms with Gasteiger partial charge in [-0.2, -0.15) is 5.10 Å². The molecule has 1 N–H and O–H groups in total. The van der Waals surface area contributed by atoms with Crippen LogP contribution in [0.3, 0.4) is 0 Å². The maximum absolute atomic E-state index is 12.0. The third-order valence-electron chi connectivity index (χ3n) is 4.32. The molecule has 31 heavy (non-hydrogen) atoms. The number of amides is 1. The lowest BCUT2D eigenvalue weighted by Gasteiger charge is -2.11. The van der Waals surface area contributed by atoms with Gasteiger partial charge in [0.1, 0.15) is 12.4 Å². The first-order valence-corrected chi connectivity index (χ1v) is 9.98. The Balaban J connectivity index is 1.52. The summed E-state index contributed by atoms with van der Waals surface area (Å²) in [6, 6.07) is 20.5. The molecule has 0 saturated carbocycles. The summed E-state index contributed by atoms with van der Waals surface area (Å²) in [7, 11) is 1.57. The molecule has 0 radical (unpaired) electrons. The topological polar surface area (TPSA) is 69.2 Å². The highest BCUT2D eigenvalue weighted by Gasteiger charge is 2.07. The summed E-state index contributed by atoms with van der Waals surface area (Å²) in [5.74, 6) is 1.42. The second-order valence-electron chi connectivity index (χ2n) is 6.68. The first-order valence-electron chi connectivity index (χ1n) is 9.61. The van der Waals surface area contributed by atoms with Crippen molar-refractivity contribution in [2.24, 2.45) is 5.10 Å². The second-order valence-corrected chi connectivity index (χ2v) is 7.11. The zero-order valence-corrected chi connectivity index (χ0v) is 18.1. The Morgan fingerprint density at radius 1 is 1.00 bits per heavy atom. The van der Waals surface area contributed by atoms with Gasteiger partial charge in [-0.3, -0.25) is 4.79 Å². The molecule has 0 atom stereocenters. The molecule has 0 aliphatic carbocycles. The number of ether oxygens (including phenoxy) is 3. The van der Waals surface area contributed by atoms with E-state index in [0.717, 1.165) is 16.7 Å². The molecule has 3 aromatic rings. The number of hydrogen-bond donors (Lipinski definition) is 1. The lowest BCUT2D eigenvalue weighted by atomic mass is 10.2. The van der Waals surface area contributed by atoms with Crippen LogP contribution in [-0.2, 0) is 11.4 Å². The summed E-state index contributed by atoms with van der Waals surface area (Å²) in [6.45, 7) is 2.14. The van der Waals surface area contributed by atoms with Gasteiger partial charge in [0.05, 0.1) is 13.3 Å². The molecule has 0 aromatic heterocycles. The number of rotatable bonds is 9. The highest BCUT2D eigenvalue weighted by atomic mass is 35.5. The van der Waals surface area contributed by atoms with Gasteiger partial charge < -0.3 is 14.2 Å².